The van der Waals surface area contributed by atoms with Crippen molar-refractivity contribution in [1.29, 1.82) is 0 Å². The van der Waals surface area contributed by atoms with Gasteiger partial charge in [-0.25, -0.2) is 0 Å². The number of ether oxygens (including phenoxy) is 1. The summed E-state index contributed by atoms with van der Waals surface area (Å²) in [6.07, 6.45) is 0.946. The van der Waals surface area contributed by atoms with E-state index in [1.807, 2.05) is 11.0 Å². The fourth-order valence-electron chi connectivity index (χ4n) is 1.91. The average Bonchev–Trinajstić information content (AvgIpc) is 2.29. The second kappa shape index (κ2) is 5.14. The molecule has 1 aromatic rings. The second-order valence-corrected chi connectivity index (χ2v) is 5.08. The van der Waals surface area contributed by atoms with Crippen LogP contribution in [0.5, 0.6) is 0 Å². The molecule has 1 aromatic carbocycles. The van der Waals surface area contributed by atoms with Crippen molar-refractivity contribution in [3.05, 3.63) is 32.9 Å². The van der Waals surface area contributed by atoms with E-state index < -0.39 is 0 Å². The Balaban J connectivity index is 2.20. The lowest BCUT2D eigenvalue weighted by Gasteiger charge is -2.28. The van der Waals surface area contributed by atoms with Gasteiger partial charge in [0.25, 0.3) is 5.91 Å². The molecule has 86 valence electrons. The third kappa shape index (κ3) is 2.38. The van der Waals surface area contributed by atoms with Crippen molar-refractivity contribution in [2.45, 2.75) is 6.42 Å². The van der Waals surface area contributed by atoms with Crippen molar-refractivity contribution in [3.63, 3.8) is 0 Å². The van der Waals surface area contributed by atoms with Gasteiger partial charge in [-0.3, -0.25) is 4.79 Å². The quantitative estimate of drug-likeness (QED) is 0.793. The molecule has 16 heavy (non-hydrogen) atoms. The minimum Gasteiger partial charge on any atom is -0.383 e. The van der Waals surface area contributed by atoms with Crippen molar-refractivity contribution >= 4 is 28.5 Å². The van der Waals surface area contributed by atoms with Crippen LogP contribution in [0.3, 0.4) is 0 Å². The van der Waals surface area contributed by atoms with Crippen LogP contribution in [-0.2, 0) is 11.2 Å². The summed E-state index contributed by atoms with van der Waals surface area (Å²) in [4.78, 5) is 14.0. The van der Waals surface area contributed by atoms with E-state index in [0.717, 1.165) is 22.1 Å². The standard InChI is InChI=1S/C12H14INO2/c1-16-7-6-14-5-4-9-2-3-10(13)8-11(9)12(14)15/h2-3,8H,4-7H2,1H3. The summed E-state index contributed by atoms with van der Waals surface area (Å²) in [5, 5.41) is 0. The van der Waals surface area contributed by atoms with Crippen molar-refractivity contribution < 1.29 is 9.53 Å². The number of amides is 1. The Bertz CT molecular complexity index is 406. The van der Waals surface area contributed by atoms with Gasteiger partial charge in [0.15, 0.2) is 0 Å². The number of nitrogens with zero attached hydrogens (tertiary/aromatic N) is 1. The molecule has 2 rings (SSSR count). The lowest BCUT2D eigenvalue weighted by molar-refractivity contribution is 0.0679. The van der Waals surface area contributed by atoms with E-state index in [-0.39, 0.29) is 5.91 Å². The van der Waals surface area contributed by atoms with Crippen LogP contribution in [0.1, 0.15) is 15.9 Å². The van der Waals surface area contributed by atoms with E-state index in [4.69, 9.17) is 4.74 Å². The maximum absolute atomic E-state index is 12.1. The number of hydrogen-bond acceptors (Lipinski definition) is 2. The minimum absolute atomic E-state index is 0.136. The fourth-order valence-corrected chi connectivity index (χ4v) is 2.40. The third-order valence-electron chi connectivity index (χ3n) is 2.81. The monoisotopic (exact) mass is 331 g/mol. The highest BCUT2D eigenvalue weighted by Gasteiger charge is 2.23. The van der Waals surface area contributed by atoms with Gasteiger partial charge in [-0.2, -0.15) is 0 Å². The first-order valence-electron chi connectivity index (χ1n) is 5.29. The van der Waals surface area contributed by atoms with Crippen LogP contribution >= 0.6 is 22.6 Å². The van der Waals surface area contributed by atoms with Crippen molar-refractivity contribution in [2.75, 3.05) is 26.8 Å². The smallest absolute Gasteiger partial charge is 0.254 e. The lowest BCUT2D eigenvalue weighted by Crippen LogP contribution is -2.39. The topological polar surface area (TPSA) is 29.5 Å². The van der Waals surface area contributed by atoms with Gasteiger partial charge in [0.1, 0.15) is 0 Å². The summed E-state index contributed by atoms with van der Waals surface area (Å²) in [5.74, 6) is 0.136. The molecule has 0 aliphatic carbocycles. The Kier molecular flexibility index (Phi) is 3.81. The maximum atomic E-state index is 12.1. The SMILES string of the molecule is COCCN1CCc2ccc(I)cc2C1=O. The molecule has 0 bridgehead atoms. The van der Waals surface area contributed by atoms with Crippen LogP contribution in [-0.4, -0.2) is 37.6 Å². The molecule has 0 spiro atoms. The Labute approximate surface area is 109 Å². The minimum atomic E-state index is 0.136. The molecule has 1 aliphatic heterocycles. The number of benzene rings is 1. The average molecular weight is 331 g/mol. The second-order valence-electron chi connectivity index (χ2n) is 3.84. The van der Waals surface area contributed by atoms with Crippen molar-refractivity contribution in [1.82, 2.24) is 4.90 Å². The number of rotatable bonds is 3. The number of halogens is 1. The molecule has 1 heterocycles. The Morgan fingerprint density at radius 3 is 3.06 bits per heavy atom. The number of carbonyl (C=O) groups is 1. The summed E-state index contributed by atoms with van der Waals surface area (Å²) in [6, 6.07) is 6.08. The highest BCUT2D eigenvalue weighted by molar-refractivity contribution is 14.1. The summed E-state index contributed by atoms with van der Waals surface area (Å²) in [6.45, 7) is 2.08. The molecular formula is C12H14INO2. The van der Waals surface area contributed by atoms with E-state index in [1.165, 1.54) is 5.56 Å². The van der Waals surface area contributed by atoms with Crippen molar-refractivity contribution in [3.8, 4) is 0 Å². The molecule has 1 amide bonds. The predicted molar refractivity (Wildman–Crippen MR) is 70.6 cm³/mol. The fraction of sp³-hybridized carbons (Fsp3) is 0.417. The molecule has 4 heteroatoms. The maximum Gasteiger partial charge on any atom is 0.254 e. The zero-order chi connectivity index (χ0) is 11.5. The largest absolute Gasteiger partial charge is 0.383 e. The Morgan fingerprint density at radius 2 is 2.31 bits per heavy atom. The van der Waals surface area contributed by atoms with Gasteiger partial charge in [0, 0.05) is 29.3 Å². The van der Waals surface area contributed by atoms with Crippen LogP contribution in [0.15, 0.2) is 18.2 Å². The molecular weight excluding hydrogens is 317 g/mol. The lowest BCUT2D eigenvalue weighted by atomic mass is 9.99. The van der Waals surface area contributed by atoms with Crippen molar-refractivity contribution in [2.24, 2.45) is 0 Å². The first-order chi connectivity index (χ1) is 7.72. The van der Waals surface area contributed by atoms with Crippen LogP contribution in [0.2, 0.25) is 0 Å². The number of methoxy groups -OCH3 is 1. The molecule has 3 nitrogen and oxygen atoms in total. The number of carbonyl (C=O) groups excluding carboxylic acids is 1. The Hall–Kier alpha value is -0.620. The highest BCUT2D eigenvalue weighted by atomic mass is 127. The van der Waals surface area contributed by atoms with E-state index in [2.05, 4.69) is 34.7 Å². The molecule has 0 saturated carbocycles. The molecule has 0 unspecified atom stereocenters. The van der Waals surface area contributed by atoms with E-state index in [1.54, 1.807) is 7.11 Å². The van der Waals surface area contributed by atoms with Gasteiger partial charge in [-0.05, 0) is 46.7 Å². The molecule has 0 aromatic heterocycles. The van der Waals surface area contributed by atoms with E-state index >= 15 is 0 Å². The van der Waals surface area contributed by atoms with Gasteiger partial charge in [-0.15, -0.1) is 0 Å². The summed E-state index contributed by atoms with van der Waals surface area (Å²) in [5.41, 5.74) is 2.02. The van der Waals surface area contributed by atoms with E-state index in [0.29, 0.717) is 13.2 Å². The first-order valence-corrected chi connectivity index (χ1v) is 6.37. The third-order valence-corrected chi connectivity index (χ3v) is 3.48. The summed E-state index contributed by atoms with van der Waals surface area (Å²) in [7, 11) is 1.66. The number of fused-ring (bicyclic) bond motifs is 1. The Morgan fingerprint density at radius 1 is 1.50 bits per heavy atom. The first kappa shape index (κ1) is 11.9. The van der Waals surface area contributed by atoms with Gasteiger partial charge in [0.05, 0.1) is 6.61 Å². The zero-order valence-corrected chi connectivity index (χ0v) is 11.4. The molecule has 0 N–H and O–H groups in total. The molecule has 0 radical (unpaired) electrons. The summed E-state index contributed by atoms with van der Waals surface area (Å²) < 4.78 is 6.12. The molecule has 1 aliphatic rings. The normalized spacial score (nSPS) is 15.1. The van der Waals surface area contributed by atoms with Crippen LogP contribution in [0.4, 0.5) is 0 Å². The highest BCUT2D eigenvalue weighted by Crippen LogP contribution is 2.21. The number of hydrogen-bond donors (Lipinski definition) is 0. The molecule has 0 fully saturated rings. The van der Waals surface area contributed by atoms with Gasteiger partial charge in [-0.1, -0.05) is 6.07 Å². The molecule has 0 atom stereocenters. The van der Waals surface area contributed by atoms with Crippen LogP contribution in [0.25, 0.3) is 0 Å². The van der Waals surface area contributed by atoms with Crippen LogP contribution in [0, 0.1) is 3.57 Å². The van der Waals surface area contributed by atoms with E-state index in [9.17, 15) is 4.79 Å². The summed E-state index contributed by atoms with van der Waals surface area (Å²) >= 11 is 2.24. The van der Waals surface area contributed by atoms with Crippen LogP contribution < -0.4 is 0 Å². The predicted octanol–water partition coefficient (Wildman–Crippen LogP) is 1.94. The molecule has 0 saturated heterocycles. The zero-order valence-electron chi connectivity index (χ0n) is 9.20. The van der Waals surface area contributed by atoms with Gasteiger partial charge in [0.2, 0.25) is 0 Å². The van der Waals surface area contributed by atoms with Gasteiger partial charge < -0.3 is 9.64 Å². The van der Waals surface area contributed by atoms with Gasteiger partial charge >= 0.3 is 0 Å².